The number of carbonyl (C=O) groups is 2. The van der Waals surface area contributed by atoms with Gasteiger partial charge in [0.15, 0.2) is 0 Å². The van der Waals surface area contributed by atoms with Crippen LogP contribution in [0.15, 0.2) is 52.3 Å². The zero-order valence-electron chi connectivity index (χ0n) is 19.0. The van der Waals surface area contributed by atoms with Gasteiger partial charge in [-0.15, -0.1) is 11.3 Å². The first-order chi connectivity index (χ1) is 15.8. The van der Waals surface area contributed by atoms with Crippen molar-refractivity contribution in [3.05, 3.63) is 74.6 Å². The first kappa shape index (κ1) is 24.7. The summed E-state index contributed by atoms with van der Waals surface area (Å²) >= 11 is 4.74. The van der Waals surface area contributed by atoms with Crippen LogP contribution < -0.4 is 10.1 Å². The number of thiophene rings is 1. The molecule has 0 radical (unpaired) electrons. The Hall–Kier alpha value is -2.90. The number of amides is 1. The molecule has 3 aromatic rings. The van der Waals surface area contributed by atoms with Crippen molar-refractivity contribution in [1.82, 2.24) is 0 Å². The highest BCUT2D eigenvalue weighted by atomic mass is 79.9. The highest BCUT2D eigenvalue weighted by Gasteiger charge is 2.22. The predicted molar refractivity (Wildman–Crippen MR) is 138 cm³/mol. The Balaban J connectivity index is 1.90. The maximum atomic E-state index is 12.8. The van der Waals surface area contributed by atoms with Gasteiger partial charge in [0.25, 0.3) is 0 Å². The fourth-order valence-electron chi connectivity index (χ4n) is 3.23. The lowest BCUT2D eigenvalue weighted by atomic mass is 9.99. The van der Waals surface area contributed by atoms with Gasteiger partial charge >= 0.3 is 5.97 Å². The third-order valence-electron chi connectivity index (χ3n) is 5.01. The first-order valence-corrected chi connectivity index (χ1v) is 12.3. The summed E-state index contributed by atoms with van der Waals surface area (Å²) in [7, 11) is 0. The molecular weight excluding hydrogens is 502 g/mol. The lowest BCUT2D eigenvalue weighted by Crippen LogP contribution is -2.12. The summed E-state index contributed by atoms with van der Waals surface area (Å²) in [5.41, 5.74) is 5.08. The Kier molecular flexibility index (Phi) is 8.47. The van der Waals surface area contributed by atoms with E-state index in [1.807, 2.05) is 62.5 Å². The number of benzene rings is 2. The molecule has 0 bridgehead atoms. The molecule has 0 aliphatic rings. The van der Waals surface area contributed by atoms with Crippen molar-refractivity contribution < 1.29 is 19.1 Å². The maximum absolute atomic E-state index is 12.8. The number of hydrogen-bond acceptors (Lipinski definition) is 5. The predicted octanol–water partition coefficient (Wildman–Crippen LogP) is 7.02. The second-order valence-electron chi connectivity index (χ2n) is 7.31. The highest BCUT2D eigenvalue weighted by Crippen LogP contribution is 2.37. The number of rotatable bonds is 8. The van der Waals surface area contributed by atoms with Crippen molar-refractivity contribution in [3.63, 3.8) is 0 Å². The Morgan fingerprint density at radius 2 is 1.85 bits per heavy atom. The van der Waals surface area contributed by atoms with Crippen molar-refractivity contribution in [2.24, 2.45) is 0 Å². The fourth-order valence-corrected chi connectivity index (χ4v) is 4.57. The molecule has 7 heteroatoms. The van der Waals surface area contributed by atoms with Crippen molar-refractivity contribution in [3.8, 4) is 16.9 Å². The van der Waals surface area contributed by atoms with Crippen LogP contribution in [0.5, 0.6) is 5.75 Å². The molecule has 5 nitrogen and oxygen atoms in total. The number of halogens is 1. The zero-order valence-corrected chi connectivity index (χ0v) is 21.4. The number of carbonyl (C=O) groups excluding carboxylic acids is 2. The average molecular weight is 528 g/mol. The molecule has 0 aliphatic carbocycles. The number of hydrogen-bond donors (Lipinski definition) is 1. The summed E-state index contributed by atoms with van der Waals surface area (Å²) in [5.74, 6) is -0.126. The van der Waals surface area contributed by atoms with E-state index < -0.39 is 5.97 Å². The minimum Gasteiger partial charge on any atom is -0.493 e. The van der Waals surface area contributed by atoms with Gasteiger partial charge in [-0.3, -0.25) is 4.79 Å². The van der Waals surface area contributed by atoms with Crippen LogP contribution in [0.2, 0.25) is 0 Å². The molecule has 1 amide bonds. The summed E-state index contributed by atoms with van der Waals surface area (Å²) in [6, 6.07) is 11.6. The maximum Gasteiger partial charge on any atom is 0.341 e. The SMILES string of the molecule is CCOC(=O)c1c(-c2ccc(C)c(C)c2)csc1NC(=O)C=Cc1cc(Br)ccc1OCC. The molecule has 172 valence electrons. The lowest BCUT2D eigenvalue weighted by Gasteiger charge is -2.09. The Morgan fingerprint density at radius 3 is 2.55 bits per heavy atom. The van der Waals surface area contributed by atoms with E-state index in [9.17, 15) is 9.59 Å². The number of nitrogens with one attached hydrogen (secondary N) is 1. The van der Waals surface area contributed by atoms with Gasteiger partial charge < -0.3 is 14.8 Å². The minimum atomic E-state index is -0.461. The highest BCUT2D eigenvalue weighted by molar-refractivity contribution is 9.10. The molecule has 3 rings (SSSR count). The molecule has 1 heterocycles. The van der Waals surface area contributed by atoms with Crippen molar-refractivity contribution in [2.75, 3.05) is 18.5 Å². The van der Waals surface area contributed by atoms with Gasteiger partial charge in [-0.05, 0) is 68.7 Å². The van der Waals surface area contributed by atoms with E-state index in [2.05, 4.69) is 21.2 Å². The molecule has 33 heavy (non-hydrogen) atoms. The van der Waals surface area contributed by atoms with Crippen LogP contribution in [0.25, 0.3) is 17.2 Å². The van der Waals surface area contributed by atoms with Crippen molar-refractivity contribution >= 4 is 50.2 Å². The monoisotopic (exact) mass is 527 g/mol. The standard InChI is InChI=1S/C26H26BrNO4S/c1-5-31-22-11-10-20(27)14-19(22)9-12-23(29)28-25-24(26(30)32-6-2)21(15-33-25)18-8-7-16(3)17(4)13-18/h7-15H,5-6H2,1-4H3,(H,28,29). The van der Waals surface area contributed by atoms with Gasteiger partial charge in [-0.1, -0.05) is 34.1 Å². The first-order valence-electron chi connectivity index (χ1n) is 10.6. The molecule has 0 saturated carbocycles. The number of anilines is 1. The molecule has 2 aromatic carbocycles. The topological polar surface area (TPSA) is 64.6 Å². The summed E-state index contributed by atoms with van der Waals surface area (Å²) in [6.45, 7) is 8.50. The normalized spacial score (nSPS) is 10.9. The number of esters is 1. The van der Waals surface area contributed by atoms with Gasteiger partial charge in [-0.2, -0.15) is 0 Å². The summed E-state index contributed by atoms with van der Waals surface area (Å²) in [4.78, 5) is 25.5. The molecule has 0 fully saturated rings. The van der Waals surface area contributed by atoms with E-state index in [-0.39, 0.29) is 12.5 Å². The van der Waals surface area contributed by atoms with E-state index >= 15 is 0 Å². The van der Waals surface area contributed by atoms with Crippen LogP contribution in [0.1, 0.15) is 40.9 Å². The van der Waals surface area contributed by atoms with Crippen LogP contribution in [0.3, 0.4) is 0 Å². The number of ether oxygens (including phenoxy) is 2. The van der Waals surface area contributed by atoms with E-state index in [0.29, 0.717) is 22.9 Å². The molecule has 0 atom stereocenters. The van der Waals surface area contributed by atoms with Gasteiger partial charge in [0.2, 0.25) is 5.91 Å². The second kappa shape index (κ2) is 11.3. The summed E-state index contributed by atoms with van der Waals surface area (Å²) in [5, 5.41) is 5.17. The zero-order chi connectivity index (χ0) is 24.0. The lowest BCUT2D eigenvalue weighted by molar-refractivity contribution is -0.111. The summed E-state index contributed by atoms with van der Waals surface area (Å²) in [6.07, 6.45) is 3.11. The molecule has 0 aliphatic heterocycles. The van der Waals surface area contributed by atoms with Crippen LogP contribution in [-0.4, -0.2) is 25.1 Å². The summed E-state index contributed by atoms with van der Waals surface area (Å²) < 4.78 is 11.8. The molecule has 1 aromatic heterocycles. The third-order valence-corrected chi connectivity index (χ3v) is 6.40. The fraction of sp³-hybridized carbons (Fsp3) is 0.231. The van der Waals surface area contributed by atoms with Crippen LogP contribution in [0.4, 0.5) is 5.00 Å². The molecule has 1 N–H and O–H groups in total. The van der Waals surface area contributed by atoms with Crippen LogP contribution in [0, 0.1) is 13.8 Å². The van der Waals surface area contributed by atoms with Crippen molar-refractivity contribution in [1.29, 1.82) is 0 Å². The largest absolute Gasteiger partial charge is 0.493 e. The van der Waals surface area contributed by atoms with Crippen LogP contribution >= 0.6 is 27.3 Å². The molecule has 0 saturated heterocycles. The molecule has 0 unspecified atom stereocenters. The van der Waals surface area contributed by atoms with E-state index in [1.54, 1.807) is 13.0 Å². The smallest absolute Gasteiger partial charge is 0.341 e. The molecular formula is C26H26BrNO4S. The quantitative estimate of drug-likeness (QED) is 0.252. The Bertz CT molecular complexity index is 1200. The van der Waals surface area contributed by atoms with E-state index in [1.165, 1.54) is 23.0 Å². The molecule has 0 spiro atoms. The van der Waals surface area contributed by atoms with Gasteiger partial charge in [-0.25, -0.2) is 4.79 Å². The Labute approximate surface area is 206 Å². The van der Waals surface area contributed by atoms with E-state index in [4.69, 9.17) is 9.47 Å². The van der Waals surface area contributed by atoms with Gasteiger partial charge in [0.05, 0.1) is 13.2 Å². The number of aryl methyl sites for hydroxylation is 2. The van der Waals surface area contributed by atoms with Gasteiger partial charge in [0, 0.05) is 27.1 Å². The third kappa shape index (κ3) is 6.12. The Morgan fingerprint density at radius 1 is 1.06 bits per heavy atom. The van der Waals surface area contributed by atoms with E-state index in [0.717, 1.165) is 26.7 Å². The average Bonchev–Trinajstić information content (AvgIpc) is 3.19. The van der Waals surface area contributed by atoms with Crippen LogP contribution in [-0.2, 0) is 9.53 Å². The van der Waals surface area contributed by atoms with Gasteiger partial charge in [0.1, 0.15) is 16.3 Å². The second-order valence-corrected chi connectivity index (χ2v) is 9.11. The van der Waals surface area contributed by atoms with Crippen molar-refractivity contribution in [2.45, 2.75) is 27.7 Å². The minimum absolute atomic E-state index is 0.247.